The maximum absolute atomic E-state index is 14.2. The zero-order chi connectivity index (χ0) is 24.7. The smallest absolute Gasteiger partial charge is 0.257 e. The number of hydrogen-bond donors (Lipinski definition) is 2. The minimum atomic E-state index is -2.83. The van der Waals surface area contributed by atoms with E-state index in [0.29, 0.717) is 43.9 Å². The number of aromatic nitrogens is 1. The molecule has 4 nitrogen and oxygen atoms in total. The van der Waals surface area contributed by atoms with Gasteiger partial charge in [0.2, 0.25) is 0 Å². The molecular weight excluding hydrogens is 439 g/mol. The van der Waals surface area contributed by atoms with Gasteiger partial charge in [0.1, 0.15) is 12.4 Å². The molecule has 3 rings (SSSR count). The second-order valence-electron chi connectivity index (χ2n) is 9.00. The molecule has 0 bridgehead atoms. The lowest BCUT2D eigenvalue weighted by Gasteiger charge is -2.42. The Balaban J connectivity index is 1.81. The van der Waals surface area contributed by atoms with E-state index in [0.717, 1.165) is 23.5 Å². The highest BCUT2D eigenvalue weighted by Gasteiger charge is 2.39. The molecule has 1 aromatic carbocycles. The molecule has 2 aromatic rings. The molecule has 0 fully saturated rings. The number of H-pyrrole nitrogens is 1. The fraction of sp³-hybridized carbons (Fsp3) is 0.481. The summed E-state index contributed by atoms with van der Waals surface area (Å²) in [5.41, 5.74) is 3.82. The number of aromatic amines is 1. The van der Waals surface area contributed by atoms with Crippen LogP contribution in [0.4, 0.5) is 13.2 Å². The van der Waals surface area contributed by atoms with Crippen LogP contribution in [0.2, 0.25) is 0 Å². The van der Waals surface area contributed by atoms with Crippen molar-refractivity contribution in [2.24, 2.45) is 0 Å². The van der Waals surface area contributed by atoms with Crippen molar-refractivity contribution in [2.45, 2.75) is 51.6 Å². The van der Waals surface area contributed by atoms with E-state index in [9.17, 15) is 13.2 Å². The summed E-state index contributed by atoms with van der Waals surface area (Å²) in [4.78, 5) is 5.32. The van der Waals surface area contributed by atoms with Crippen molar-refractivity contribution in [3.63, 3.8) is 0 Å². The number of allylic oxidation sites excluding steroid dienone is 2. The molecule has 0 spiro atoms. The summed E-state index contributed by atoms with van der Waals surface area (Å²) in [6, 6.07) is 7.59. The number of alkyl halides is 3. The number of benzene rings is 1. The van der Waals surface area contributed by atoms with Crippen molar-refractivity contribution >= 4 is 10.9 Å². The molecule has 0 radical (unpaired) electrons. The van der Waals surface area contributed by atoms with Gasteiger partial charge >= 0.3 is 0 Å². The average Bonchev–Trinajstić information content (AvgIpc) is 3.15. The Kier molecular flexibility index (Phi) is 9.03. The number of rotatable bonds is 12. The first-order valence-electron chi connectivity index (χ1n) is 11.9. The lowest BCUT2D eigenvalue weighted by molar-refractivity contribution is -0.0366. The summed E-state index contributed by atoms with van der Waals surface area (Å²) in [6.07, 6.45) is 6.71. The minimum absolute atomic E-state index is 0.0690. The number of nitrogens with one attached hydrogen (secondary N) is 2. The molecule has 186 valence electrons. The van der Waals surface area contributed by atoms with Gasteiger partial charge in [0.05, 0.1) is 19.3 Å². The molecule has 0 saturated heterocycles. The summed E-state index contributed by atoms with van der Waals surface area (Å²) in [5, 5.41) is 4.25. The third-order valence-corrected chi connectivity index (χ3v) is 6.11. The molecule has 34 heavy (non-hydrogen) atoms. The summed E-state index contributed by atoms with van der Waals surface area (Å²) in [5.74, 6) is -2.16. The van der Waals surface area contributed by atoms with Crippen molar-refractivity contribution in [3.8, 4) is 0 Å². The molecule has 1 aliphatic rings. The van der Waals surface area contributed by atoms with Crippen LogP contribution in [0.15, 0.2) is 60.4 Å². The Bertz CT molecular complexity index is 1020. The molecule has 2 atom stereocenters. The van der Waals surface area contributed by atoms with E-state index in [2.05, 4.69) is 22.9 Å². The Morgan fingerprint density at radius 1 is 1.29 bits per heavy atom. The SMILES string of the molecule is C=C(/C=C\C(=C/C)OCCNCCCF)[C@@H]1c2[nH]c3ccccc3c2C[C@@H](C)N1CC(C)(F)F. The van der Waals surface area contributed by atoms with Crippen LogP contribution in [0, 0.1) is 0 Å². The third kappa shape index (κ3) is 6.54. The second-order valence-corrected chi connectivity index (χ2v) is 9.00. The molecule has 1 aromatic heterocycles. The maximum atomic E-state index is 14.2. The molecule has 2 heterocycles. The molecule has 0 saturated carbocycles. The largest absolute Gasteiger partial charge is 0.493 e. The summed E-state index contributed by atoms with van der Waals surface area (Å²) in [7, 11) is 0. The van der Waals surface area contributed by atoms with Gasteiger partial charge < -0.3 is 15.0 Å². The quantitative estimate of drug-likeness (QED) is 0.222. The zero-order valence-corrected chi connectivity index (χ0v) is 20.3. The van der Waals surface area contributed by atoms with Crippen molar-refractivity contribution in [2.75, 3.05) is 32.9 Å². The number of nitrogens with zero attached hydrogens (tertiary/aromatic N) is 1. The van der Waals surface area contributed by atoms with E-state index in [1.807, 2.05) is 55.2 Å². The summed E-state index contributed by atoms with van der Waals surface area (Å²) < 4.78 is 46.3. The minimum Gasteiger partial charge on any atom is -0.493 e. The monoisotopic (exact) mass is 475 g/mol. The standard InChI is InChI=1S/C27H36F3N3O/c1-5-21(34-16-15-31-14-8-13-28)12-11-19(2)26-25-23(22-9-6-7-10-24(22)32-25)17-20(3)33(26)18-27(4,29)30/h5-7,9-12,20,26,31-32H,2,8,13-18H2,1,3-4H3/b12-11-,21-5+/t20-,26-/m1/s1. The van der Waals surface area contributed by atoms with E-state index in [-0.39, 0.29) is 19.3 Å². The van der Waals surface area contributed by atoms with E-state index in [4.69, 9.17) is 4.74 Å². The van der Waals surface area contributed by atoms with Crippen LogP contribution in [-0.4, -0.2) is 54.8 Å². The van der Waals surface area contributed by atoms with Gasteiger partial charge in [0.25, 0.3) is 5.92 Å². The Hall–Kier alpha value is -2.51. The van der Waals surface area contributed by atoms with Crippen LogP contribution in [0.5, 0.6) is 0 Å². The first-order valence-corrected chi connectivity index (χ1v) is 11.9. The van der Waals surface area contributed by atoms with Crippen LogP contribution in [0.1, 0.15) is 44.5 Å². The fourth-order valence-corrected chi connectivity index (χ4v) is 4.54. The third-order valence-electron chi connectivity index (χ3n) is 6.11. The molecular formula is C27H36F3N3O. The van der Waals surface area contributed by atoms with E-state index < -0.39 is 12.0 Å². The van der Waals surface area contributed by atoms with Gasteiger partial charge in [-0.25, -0.2) is 8.78 Å². The first-order chi connectivity index (χ1) is 16.2. The normalized spacial score (nSPS) is 19.6. The molecule has 1 aliphatic heterocycles. The lowest BCUT2D eigenvalue weighted by Crippen LogP contribution is -2.47. The van der Waals surface area contributed by atoms with Crippen molar-refractivity contribution in [3.05, 3.63) is 71.7 Å². The number of hydrogen-bond acceptors (Lipinski definition) is 3. The molecule has 2 N–H and O–H groups in total. The average molecular weight is 476 g/mol. The fourth-order valence-electron chi connectivity index (χ4n) is 4.54. The summed E-state index contributed by atoms with van der Waals surface area (Å²) >= 11 is 0. The van der Waals surface area contributed by atoms with Gasteiger partial charge in [0.15, 0.2) is 0 Å². The van der Waals surface area contributed by atoms with E-state index >= 15 is 0 Å². The first kappa shape index (κ1) is 26.1. The topological polar surface area (TPSA) is 40.3 Å². The van der Waals surface area contributed by atoms with E-state index in [1.54, 1.807) is 0 Å². The van der Waals surface area contributed by atoms with Crippen molar-refractivity contribution in [1.29, 1.82) is 0 Å². The van der Waals surface area contributed by atoms with Crippen molar-refractivity contribution < 1.29 is 17.9 Å². The van der Waals surface area contributed by atoms with Gasteiger partial charge in [-0.1, -0.05) is 30.9 Å². The summed E-state index contributed by atoms with van der Waals surface area (Å²) in [6.45, 7) is 10.1. The zero-order valence-electron chi connectivity index (χ0n) is 20.3. The Morgan fingerprint density at radius 2 is 2.06 bits per heavy atom. The number of para-hydroxylation sites is 1. The Morgan fingerprint density at radius 3 is 2.76 bits per heavy atom. The highest BCUT2D eigenvalue weighted by molar-refractivity contribution is 5.85. The van der Waals surface area contributed by atoms with Gasteiger partial charge in [0, 0.05) is 36.1 Å². The highest BCUT2D eigenvalue weighted by Crippen LogP contribution is 2.41. The Labute approximate surface area is 200 Å². The highest BCUT2D eigenvalue weighted by atomic mass is 19.3. The lowest BCUT2D eigenvalue weighted by atomic mass is 9.88. The molecule has 0 unspecified atom stereocenters. The van der Waals surface area contributed by atoms with Gasteiger partial charge in [-0.15, -0.1) is 0 Å². The van der Waals surface area contributed by atoms with Crippen LogP contribution < -0.4 is 5.32 Å². The van der Waals surface area contributed by atoms with Crippen LogP contribution >= 0.6 is 0 Å². The predicted octanol–water partition coefficient (Wildman–Crippen LogP) is 6.09. The van der Waals surface area contributed by atoms with Gasteiger partial charge in [-0.05, 0) is 62.6 Å². The molecule has 0 amide bonds. The van der Waals surface area contributed by atoms with Crippen LogP contribution in [0.25, 0.3) is 10.9 Å². The maximum Gasteiger partial charge on any atom is 0.257 e. The van der Waals surface area contributed by atoms with Crippen LogP contribution in [-0.2, 0) is 11.2 Å². The van der Waals surface area contributed by atoms with Gasteiger partial charge in [-0.2, -0.15) is 0 Å². The predicted molar refractivity (Wildman–Crippen MR) is 133 cm³/mol. The van der Waals surface area contributed by atoms with Gasteiger partial charge in [-0.3, -0.25) is 9.29 Å². The number of ether oxygens (including phenoxy) is 1. The van der Waals surface area contributed by atoms with Crippen molar-refractivity contribution in [1.82, 2.24) is 15.2 Å². The van der Waals surface area contributed by atoms with Crippen LogP contribution in [0.3, 0.4) is 0 Å². The second kappa shape index (κ2) is 11.8. The number of halogens is 3. The van der Waals surface area contributed by atoms with E-state index in [1.165, 1.54) is 5.56 Å². The molecule has 0 aliphatic carbocycles. The number of fused-ring (bicyclic) bond motifs is 3. The molecule has 7 heteroatoms.